The standard InChI is InChI=1S/C44H35N8O2.ClH.3HI/c1-49-21-15-28(16-22-49)41-33-7-9-35(45-33)42(29-17-23-50(2)24-18-29)37-11-13-39(47-37)44(31-5-4-6-32(27-31)52(53)54)40-14-12-38(48-40)43(36-10-8-34(41)46-36)30-19-25-51(3)26-20-30;;;;/h4-27H,1-3H3,(H2,45,46,47,48);4*1H/q+1;;;;/p-1. The summed E-state index contributed by atoms with van der Waals surface area (Å²) in [6, 6.07) is 36.3. The fourth-order valence-corrected chi connectivity index (χ4v) is 7.35. The van der Waals surface area contributed by atoms with Gasteiger partial charge in [-0.05, 0) is 70.8 Å². The van der Waals surface area contributed by atoms with Gasteiger partial charge in [-0.2, -0.15) is 0 Å². The van der Waals surface area contributed by atoms with Crippen molar-refractivity contribution in [3.8, 4) is 0 Å². The molecule has 0 spiro atoms. The second-order valence-electron chi connectivity index (χ2n) is 13.7. The largest absolute Gasteiger partial charge is 1.00 e. The van der Waals surface area contributed by atoms with Crippen molar-refractivity contribution >= 4 is 40.4 Å². The van der Waals surface area contributed by atoms with Gasteiger partial charge in [0.1, 0.15) is 21.1 Å². The van der Waals surface area contributed by atoms with Gasteiger partial charge >= 0.3 is 0 Å². The first-order valence-corrected chi connectivity index (χ1v) is 17.7. The monoisotopic (exact) mass is 1130 g/mol. The molecule has 8 heterocycles. The quantitative estimate of drug-likeness (QED) is 0.0596. The van der Waals surface area contributed by atoms with Crippen molar-refractivity contribution in [2.24, 2.45) is 21.1 Å². The van der Waals surface area contributed by atoms with Crippen LogP contribution in [0.15, 0.2) is 146 Å². The number of H-pyrrole nitrogens is 4. The zero-order valence-electron chi connectivity index (χ0n) is 31.5. The number of fused-ring (bicyclic) bond motifs is 8. The number of hydrogen-bond acceptors (Lipinski definition) is 2. The summed E-state index contributed by atoms with van der Waals surface area (Å²) < 4.78 is 6.07. The number of aromatic nitrogens is 7. The molecule has 58 heavy (non-hydrogen) atoms. The van der Waals surface area contributed by atoms with E-state index in [1.807, 2.05) is 65.7 Å². The fraction of sp³-hybridized carbons (Fsp3) is 0.0682. The third-order valence-corrected chi connectivity index (χ3v) is 10.0. The van der Waals surface area contributed by atoms with Crippen molar-refractivity contribution in [3.63, 3.8) is 0 Å². The van der Waals surface area contributed by atoms with Gasteiger partial charge in [-0.3, -0.25) is 10.1 Å². The van der Waals surface area contributed by atoms with Crippen LogP contribution in [0.2, 0.25) is 0 Å². The Morgan fingerprint density at radius 2 is 0.741 bits per heavy atom. The highest BCUT2D eigenvalue weighted by atomic mass is 127. The van der Waals surface area contributed by atoms with Crippen molar-refractivity contribution in [1.29, 1.82) is 0 Å². The number of nitrogens with zero attached hydrogens (tertiary/aromatic N) is 4. The van der Waals surface area contributed by atoms with E-state index >= 15 is 0 Å². The Balaban J connectivity index is 0.00000160. The molecular formula is C44H38ClI3N8O2. The van der Waals surface area contributed by atoms with Gasteiger partial charge in [0.05, 0.1) is 4.92 Å². The smallest absolute Gasteiger partial charge is 0.270 e. The molecule has 0 saturated heterocycles. The van der Waals surface area contributed by atoms with Crippen LogP contribution in [0.1, 0.15) is 45.0 Å². The molecule has 0 radical (unpaired) electrons. The van der Waals surface area contributed by atoms with Crippen LogP contribution in [0.4, 0.5) is 5.69 Å². The van der Waals surface area contributed by atoms with Gasteiger partial charge in [-0.15, -0.1) is 12.4 Å². The minimum absolute atomic E-state index is 0. The molecule has 0 saturated carbocycles. The lowest BCUT2D eigenvalue weighted by atomic mass is 10.0. The van der Waals surface area contributed by atoms with Crippen LogP contribution in [0.25, 0.3) is 22.3 Å². The van der Waals surface area contributed by atoms with Gasteiger partial charge < -0.3 is 91.9 Å². The minimum atomic E-state index is -0.352. The lowest BCUT2D eigenvalue weighted by molar-refractivity contribution is -0.671. The molecule has 1 aliphatic heterocycles. The Morgan fingerprint density at radius 1 is 0.431 bits per heavy atom. The zero-order chi connectivity index (χ0) is 36.9. The molecule has 8 aromatic rings. The maximum Gasteiger partial charge on any atom is 0.270 e. The van der Waals surface area contributed by atoms with Crippen molar-refractivity contribution in [1.82, 2.24) is 19.9 Å². The fourth-order valence-electron chi connectivity index (χ4n) is 7.35. The molecule has 9 rings (SSSR count). The molecule has 14 heteroatoms. The first kappa shape index (κ1) is 44.3. The summed E-state index contributed by atoms with van der Waals surface area (Å²) in [6.45, 7) is 0. The summed E-state index contributed by atoms with van der Waals surface area (Å²) in [6.07, 6.45) is 12.3. The number of rotatable bonds is 5. The van der Waals surface area contributed by atoms with E-state index in [4.69, 9.17) is 0 Å². The Labute approximate surface area is 391 Å². The number of benzene rings is 1. The molecule has 0 aliphatic carbocycles. The number of non-ortho nitro benzene ring substituents is 1. The predicted molar refractivity (Wildman–Crippen MR) is 211 cm³/mol. The molecule has 294 valence electrons. The van der Waals surface area contributed by atoms with Crippen LogP contribution in [-0.4, -0.2) is 24.9 Å². The van der Waals surface area contributed by atoms with Crippen LogP contribution in [-0.2, 0) is 21.1 Å². The third kappa shape index (κ3) is 8.48. The number of halogens is 4. The first-order valence-electron chi connectivity index (χ1n) is 17.7. The number of aromatic amines is 4. The molecule has 4 N–H and O–H groups in total. The number of nitro benzene ring substituents is 1. The van der Waals surface area contributed by atoms with E-state index in [1.165, 1.54) is 6.07 Å². The van der Waals surface area contributed by atoms with E-state index in [-0.39, 0.29) is 94.9 Å². The Bertz CT molecular complexity index is 3000. The van der Waals surface area contributed by atoms with Gasteiger partial charge in [0.2, 0.25) is 0 Å². The van der Waals surface area contributed by atoms with E-state index in [1.54, 1.807) is 12.1 Å². The van der Waals surface area contributed by atoms with Crippen molar-refractivity contribution in [2.45, 2.75) is 0 Å². The normalized spacial score (nSPS) is 11.8. The molecule has 10 nitrogen and oxygen atoms in total. The van der Waals surface area contributed by atoms with Gasteiger partial charge in [0.25, 0.3) is 5.69 Å². The summed E-state index contributed by atoms with van der Waals surface area (Å²) in [5.74, 6) is 0. The highest BCUT2D eigenvalue weighted by Gasteiger charge is 2.20. The van der Waals surface area contributed by atoms with E-state index in [0.29, 0.717) is 5.56 Å². The maximum absolute atomic E-state index is 12.0. The van der Waals surface area contributed by atoms with Crippen molar-refractivity contribution in [3.05, 3.63) is 223 Å². The summed E-state index contributed by atoms with van der Waals surface area (Å²) >= 11 is 0. The van der Waals surface area contributed by atoms with Gasteiger partial charge in [-0.25, -0.2) is 13.7 Å². The van der Waals surface area contributed by atoms with Crippen molar-refractivity contribution in [2.75, 3.05) is 0 Å². The van der Waals surface area contributed by atoms with Crippen LogP contribution < -0.4 is 107 Å². The molecular weight excluding hydrogens is 1090 g/mol. The zero-order valence-corrected chi connectivity index (χ0v) is 38.8. The average Bonchev–Trinajstić information content (AvgIpc) is 4.02. The average molecular weight is 1130 g/mol. The summed E-state index contributed by atoms with van der Waals surface area (Å²) in [7, 11) is 6.03. The lowest BCUT2D eigenvalue weighted by Crippen LogP contribution is -3.00. The van der Waals surface area contributed by atoms with E-state index in [9.17, 15) is 10.1 Å². The molecule has 0 amide bonds. The minimum Gasteiger partial charge on any atom is -1.00 e. The molecule has 8 bridgehead atoms. The van der Waals surface area contributed by atoms with Crippen LogP contribution in [0.3, 0.4) is 0 Å². The van der Waals surface area contributed by atoms with Gasteiger partial charge in [0, 0.05) is 115 Å². The second kappa shape index (κ2) is 18.4. The van der Waals surface area contributed by atoms with E-state index < -0.39 is 0 Å². The Kier molecular flexibility index (Phi) is 14.0. The summed E-state index contributed by atoms with van der Waals surface area (Å²) in [5, 5.41) is 15.6. The maximum atomic E-state index is 12.0. The van der Waals surface area contributed by atoms with Gasteiger partial charge in [0.15, 0.2) is 37.2 Å². The summed E-state index contributed by atoms with van der Waals surface area (Å²) in [4.78, 5) is 26.7. The van der Waals surface area contributed by atoms with Crippen LogP contribution >= 0.6 is 12.4 Å². The topological polar surface area (TPSA) is 118 Å². The van der Waals surface area contributed by atoms with Crippen molar-refractivity contribution < 1.29 is 90.6 Å². The molecule has 0 unspecified atom stereocenters. The molecule has 7 aromatic heterocycles. The summed E-state index contributed by atoms with van der Waals surface area (Å²) in [5.41, 5.74) is 11.3. The lowest BCUT2D eigenvalue weighted by Gasteiger charge is -2.09. The molecule has 0 atom stereocenters. The number of nitro groups is 1. The first-order chi connectivity index (χ1) is 26.3. The van der Waals surface area contributed by atoms with Crippen LogP contribution in [0, 0.1) is 10.1 Å². The molecule has 0 fully saturated rings. The predicted octanol–water partition coefficient (Wildman–Crippen LogP) is -5.88. The number of aryl methyl sites for hydroxylation is 3. The second-order valence-corrected chi connectivity index (χ2v) is 13.7. The Morgan fingerprint density at radius 3 is 1.05 bits per heavy atom. The highest BCUT2D eigenvalue weighted by molar-refractivity contribution is 5.86. The number of hydrogen-bond donors (Lipinski definition) is 4. The van der Waals surface area contributed by atoms with Gasteiger partial charge in [-0.1, -0.05) is 12.1 Å². The van der Waals surface area contributed by atoms with E-state index in [0.717, 1.165) is 83.2 Å². The SMILES string of the molecule is C[n+]1ccc(C2=c3ccc([nH]3)=C(c3cc[n+](C)cc3)c3ccc([nH]3)C(c3cccc([N+](=O)[O-])c3)=c3ccc([nH]3)=C(c3cc[n+](C)cc3)c3ccc2[nH]3)cc1.Cl.[I-].[I-].[I-]. The number of pyridine rings is 3. The molecule has 1 aliphatic rings. The van der Waals surface area contributed by atoms with E-state index in [2.05, 4.69) is 117 Å². The number of nitrogens with one attached hydrogen (secondary N) is 4. The highest BCUT2D eigenvalue weighted by Crippen LogP contribution is 2.28. The Hall–Kier alpha value is -4.85. The van der Waals surface area contributed by atoms with Crippen LogP contribution in [0.5, 0.6) is 0 Å². The third-order valence-electron chi connectivity index (χ3n) is 10.0. The molecule has 1 aromatic carbocycles.